The lowest BCUT2D eigenvalue weighted by atomic mass is 9.94. The van der Waals surface area contributed by atoms with E-state index in [-0.39, 0.29) is 11.1 Å². The molecular formula is C30H25N2O+. The Morgan fingerprint density at radius 2 is 1.67 bits per heavy atom. The van der Waals surface area contributed by atoms with Crippen LogP contribution in [-0.4, -0.2) is 4.98 Å². The minimum atomic E-state index is -2.38. The molecule has 0 radical (unpaired) electrons. The molecular weight excluding hydrogens is 404 g/mol. The average Bonchev–Trinajstić information content (AvgIpc) is 3.24. The largest absolute Gasteiger partial charge is 0.437 e. The van der Waals surface area contributed by atoms with Gasteiger partial charge in [-0.1, -0.05) is 54.6 Å². The van der Waals surface area contributed by atoms with Gasteiger partial charge in [0.05, 0.1) is 11.1 Å². The zero-order valence-corrected chi connectivity index (χ0v) is 18.3. The Bertz CT molecular complexity index is 1900. The molecule has 0 N–H and O–H groups in total. The fourth-order valence-electron chi connectivity index (χ4n) is 4.68. The standard InChI is InChI=1S/C30H25N2O/c1-18-14-19(2)28(26-16-23(20(3)17-32(26)4)21-10-6-5-7-11-21)29-27(18)24-15-22-12-8-9-13-25(22)31-30(24)33-29/h5-17H,1-4H3/q+1/i1D3,3D3. The molecule has 0 aliphatic carbocycles. The number of hydrogen-bond acceptors (Lipinski definition) is 2. The van der Waals surface area contributed by atoms with Crippen molar-refractivity contribution in [2.45, 2.75) is 20.6 Å². The van der Waals surface area contributed by atoms with Gasteiger partial charge in [0.25, 0.3) is 0 Å². The predicted octanol–water partition coefficient (Wildman–Crippen LogP) is 7.22. The van der Waals surface area contributed by atoms with Crippen LogP contribution >= 0.6 is 0 Å². The van der Waals surface area contributed by atoms with Crippen molar-refractivity contribution in [1.29, 1.82) is 0 Å². The van der Waals surface area contributed by atoms with Crippen LogP contribution in [0, 0.1) is 20.6 Å². The molecule has 0 bridgehead atoms. The van der Waals surface area contributed by atoms with E-state index in [0.29, 0.717) is 44.5 Å². The monoisotopic (exact) mass is 435 g/mol. The number of para-hydroxylation sites is 1. The Morgan fingerprint density at radius 3 is 2.48 bits per heavy atom. The van der Waals surface area contributed by atoms with Crippen LogP contribution in [0.3, 0.4) is 0 Å². The lowest BCUT2D eigenvalue weighted by Gasteiger charge is -2.11. The molecule has 3 nitrogen and oxygen atoms in total. The van der Waals surface area contributed by atoms with Crippen molar-refractivity contribution in [2.24, 2.45) is 7.05 Å². The third-order valence-corrected chi connectivity index (χ3v) is 6.25. The van der Waals surface area contributed by atoms with Crippen molar-refractivity contribution >= 4 is 33.0 Å². The van der Waals surface area contributed by atoms with Gasteiger partial charge in [-0.2, -0.15) is 0 Å². The molecule has 0 saturated heterocycles. The van der Waals surface area contributed by atoms with Gasteiger partial charge in [0.2, 0.25) is 11.4 Å². The zero-order valence-electron chi connectivity index (χ0n) is 24.3. The van der Waals surface area contributed by atoms with Crippen LogP contribution in [-0.2, 0) is 7.05 Å². The van der Waals surface area contributed by atoms with Gasteiger partial charge in [-0.15, -0.1) is 0 Å². The first-order valence-corrected chi connectivity index (χ1v) is 10.8. The van der Waals surface area contributed by atoms with E-state index in [0.717, 1.165) is 16.5 Å². The van der Waals surface area contributed by atoms with Crippen LogP contribution in [0.4, 0.5) is 0 Å². The highest BCUT2D eigenvalue weighted by Crippen LogP contribution is 2.40. The van der Waals surface area contributed by atoms with E-state index in [2.05, 4.69) is 0 Å². The molecule has 3 heteroatoms. The van der Waals surface area contributed by atoms with Crippen LogP contribution in [0.25, 0.3) is 55.4 Å². The normalized spacial score (nSPS) is 15.1. The summed E-state index contributed by atoms with van der Waals surface area (Å²) in [6, 6.07) is 22.5. The fourth-order valence-corrected chi connectivity index (χ4v) is 4.68. The molecule has 3 aromatic heterocycles. The molecule has 3 heterocycles. The van der Waals surface area contributed by atoms with Crippen LogP contribution in [0.15, 0.2) is 83.4 Å². The van der Waals surface area contributed by atoms with Crippen molar-refractivity contribution in [1.82, 2.24) is 4.98 Å². The van der Waals surface area contributed by atoms with Gasteiger partial charge >= 0.3 is 0 Å². The van der Waals surface area contributed by atoms with E-state index in [1.807, 2.05) is 73.7 Å². The van der Waals surface area contributed by atoms with Gasteiger partial charge in [-0.25, -0.2) is 9.55 Å². The van der Waals surface area contributed by atoms with Crippen LogP contribution < -0.4 is 4.57 Å². The molecule has 0 saturated carbocycles. The lowest BCUT2D eigenvalue weighted by molar-refractivity contribution is -0.660. The molecule has 33 heavy (non-hydrogen) atoms. The van der Waals surface area contributed by atoms with E-state index in [1.54, 1.807) is 23.9 Å². The second-order valence-electron chi connectivity index (χ2n) is 8.42. The smallest absolute Gasteiger partial charge is 0.227 e. The summed E-state index contributed by atoms with van der Waals surface area (Å²) in [7, 11) is 1.79. The summed E-state index contributed by atoms with van der Waals surface area (Å²) >= 11 is 0. The van der Waals surface area contributed by atoms with Gasteiger partial charge < -0.3 is 4.42 Å². The summed E-state index contributed by atoms with van der Waals surface area (Å²) in [6.45, 7) is -2.87. The van der Waals surface area contributed by atoms with Crippen LogP contribution in [0.2, 0.25) is 0 Å². The minimum absolute atomic E-state index is 0.194. The second kappa shape index (κ2) is 7.28. The predicted molar refractivity (Wildman–Crippen MR) is 135 cm³/mol. The van der Waals surface area contributed by atoms with Crippen molar-refractivity contribution < 1.29 is 17.2 Å². The third kappa shape index (κ3) is 3.04. The molecule has 6 aromatic rings. The molecule has 6 rings (SSSR count). The summed E-state index contributed by atoms with van der Waals surface area (Å²) in [5.74, 6) is 0. The van der Waals surface area contributed by atoms with Gasteiger partial charge in [-0.05, 0) is 55.0 Å². The first kappa shape index (κ1) is 14.2. The maximum absolute atomic E-state index is 8.29. The molecule has 0 amide bonds. The lowest BCUT2D eigenvalue weighted by Crippen LogP contribution is -2.31. The van der Waals surface area contributed by atoms with Gasteiger partial charge in [0, 0.05) is 36.0 Å². The van der Waals surface area contributed by atoms with E-state index in [9.17, 15) is 0 Å². The highest BCUT2D eigenvalue weighted by Gasteiger charge is 2.24. The molecule has 160 valence electrons. The summed E-state index contributed by atoms with van der Waals surface area (Å²) in [5.41, 5.74) is 5.38. The number of benzene rings is 3. The highest BCUT2D eigenvalue weighted by atomic mass is 16.3. The molecule has 0 spiro atoms. The summed E-state index contributed by atoms with van der Waals surface area (Å²) in [5, 5.41) is 2.00. The average molecular weight is 436 g/mol. The number of nitrogens with zero attached hydrogens (tertiary/aromatic N) is 2. The Labute approximate surface area is 201 Å². The maximum atomic E-state index is 8.29. The third-order valence-electron chi connectivity index (χ3n) is 6.25. The van der Waals surface area contributed by atoms with Gasteiger partial charge in [0.15, 0.2) is 11.8 Å². The first-order valence-electron chi connectivity index (χ1n) is 13.8. The van der Waals surface area contributed by atoms with Gasteiger partial charge in [0.1, 0.15) is 7.05 Å². The number of hydrogen-bond donors (Lipinski definition) is 0. The van der Waals surface area contributed by atoms with E-state index >= 15 is 0 Å². The zero-order chi connectivity index (χ0) is 27.7. The highest BCUT2D eigenvalue weighted by molar-refractivity contribution is 6.13. The van der Waals surface area contributed by atoms with E-state index in [1.165, 1.54) is 0 Å². The fraction of sp³-hybridized carbons (Fsp3) is 0.133. The van der Waals surface area contributed by atoms with Crippen molar-refractivity contribution in [3.05, 3.63) is 95.7 Å². The van der Waals surface area contributed by atoms with Crippen molar-refractivity contribution in [2.75, 3.05) is 0 Å². The van der Waals surface area contributed by atoms with Crippen molar-refractivity contribution in [3.8, 4) is 22.4 Å². The Hall–Kier alpha value is -3.98. The van der Waals surface area contributed by atoms with Crippen molar-refractivity contribution in [3.63, 3.8) is 0 Å². The molecule has 0 unspecified atom stereocenters. The summed E-state index contributed by atoms with van der Waals surface area (Å²) in [6.07, 6.45) is 1.63. The first-order chi connectivity index (χ1) is 18.4. The molecule has 3 aromatic carbocycles. The van der Waals surface area contributed by atoms with Gasteiger partial charge in [-0.3, -0.25) is 0 Å². The van der Waals surface area contributed by atoms with E-state index in [4.69, 9.17) is 17.6 Å². The Balaban J connectivity index is 1.75. The van der Waals surface area contributed by atoms with Crippen LogP contribution in [0.1, 0.15) is 24.9 Å². The SMILES string of the molecule is [2H]C([2H])([2H])c1c[n+](C)c(-c2c(C)cc(C([2H])([2H])[2H])c3c2oc2nc4ccccc4cc23)cc1-c1ccccc1. The number of rotatable bonds is 2. The molecule has 0 aliphatic heterocycles. The number of fused-ring (bicyclic) bond motifs is 4. The second-order valence-corrected chi connectivity index (χ2v) is 8.42. The van der Waals surface area contributed by atoms with Crippen LogP contribution in [0.5, 0.6) is 0 Å². The summed E-state index contributed by atoms with van der Waals surface area (Å²) < 4.78 is 57.6. The quantitative estimate of drug-likeness (QED) is 0.269. The Kier molecular flexibility index (Phi) is 3.14. The Morgan fingerprint density at radius 1 is 0.879 bits per heavy atom. The number of aryl methyl sites for hydroxylation is 4. The molecule has 0 atom stereocenters. The van der Waals surface area contributed by atoms with E-state index < -0.39 is 13.7 Å². The molecule has 0 aliphatic rings. The number of furan rings is 1. The molecule has 0 fully saturated rings. The summed E-state index contributed by atoms with van der Waals surface area (Å²) in [4.78, 5) is 4.70. The topological polar surface area (TPSA) is 29.9 Å². The maximum Gasteiger partial charge on any atom is 0.227 e. The minimum Gasteiger partial charge on any atom is -0.437 e. The number of pyridine rings is 2. The number of aromatic nitrogens is 2.